The van der Waals surface area contributed by atoms with E-state index in [-0.39, 0.29) is 37.8 Å². The number of nitrogens with zero attached hydrogens (tertiary/aromatic N) is 2. The first-order chi connectivity index (χ1) is 17.1. The first kappa shape index (κ1) is 27.3. The lowest BCUT2D eigenvalue weighted by atomic mass is 10.1. The number of hydrogen-bond donors (Lipinski definition) is 4. The first-order valence-corrected chi connectivity index (χ1v) is 12.3. The van der Waals surface area contributed by atoms with Gasteiger partial charge in [0.25, 0.3) is 11.8 Å². The Labute approximate surface area is 229 Å². The molecular formula is C25H21Br2ClN4O4. The van der Waals surface area contributed by atoms with Gasteiger partial charge in [-0.25, -0.2) is 5.43 Å². The summed E-state index contributed by atoms with van der Waals surface area (Å²) < 4.78 is 0.382. The molecule has 3 rings (SSSR count). The number of rotatable bonds is 7. The molecule has 0 unspecified atom stereocenters. The van der Waals surface area contributed by atoms with Crippen LogP contribution in [0.5, 0.6) is 11.5 Å². The Morgan fingerprint density at radius 2 is 1.69 bits per heavy atom. The van der Waals surface area contributed by atoms with Crippen LogP contribution in [0.3, 0.4) is 0 Å². The quantitative estimate of drug-likeness (QED) is 0.161. The smallest absolute Gasteiger partial charge is 0.287 e. The fourth-order valence-electron chi connectivity index (χ4n) is 2.96. The number of carbonyl (C=O) groups excluding carboxylic acids is 2. The van der Waals surface area contributed by atoms with Crippen molar-refractivity contribution in [1.29, 1.82) is 0 Å². The maximum Gasteiger partial charge on any atom is 0.287 e. The summed E-state index contributed by atoms with van der Waals surface area (Å²) in [6.45, 7) is 0. The number of carbonyl (C=O) groups is 2. The third-order valence-electron chi connectivity index (χ3n) is 4.90. The number of anilines is 1. The molecule has 0 atom stereocenters. The molecule has 0 fully saturated rings. The molecule has 2 amide bonds. The van der Waals surface area contributed by atoms with Crippen molar-refractivity contribution >= 4 is 73.3 Å². The molecule has 36 heavy (non-hydrogen) atoms. The average Bonchev–Trinajstić information content (AvgIpc) is 2.85. The molecule has 0 aliphatic heterocycles. The Balaban J connectivity index is 1.88. The van der Waals surface area contributed by atoms with E-state index in [9.17, 15) is 19.8 Å². The minimum atomic E-state index is -0.709. The van der Waals surface area contributed by atoms with Crippen LogP contribution in [0.4, 0.5) is 5.69 Å². The number of halogens is 3. The number of hydrazone groups is 1. The summed E-state index contributed by atoms with van der Waals surface area (Å²) in [4.78, 5) is 27.7. The highest BCUT2D eigenvalue weighted by atomic mass is 79.9. The lowest BCUT2D eigenvalue weighted by molar-refractivity contribution is -0.117. The second-order valence-electron chi connectivity index (χ2n) is 7.64. The summed E-state index contributed by atoms with van der Waals surface area (Å²) in [5.74, 6) is -1.72. The molecule has 0 aromatic heterocycles. The number of benzene rings is 3. The summed E-state index contributed by atoms with van der Waals surface area (Å²) in [5, 5.41) is 26.8. The predicted octanol–water partition coefficient (Wildman–Crippen LogP) is 5.26. The van der Waals surface area contributed by atoms with E-state index in [1.807, 2.05) is 31.1 Å². The molecular weight excluding hydrogens is 616 g/mol. The zero-order valence-electron chi connectivity index (χ0n) is 19.1. The highest BCUT2D eigenvalue weighted by Gasteiger charge is 2.17. The van der Waals surface area contributed by atoms with Crippen LogP contribution >= 0.6 is 43.5 Å². The highest BCUT2D eigenvalue weighted by molar-refractivity contribution is 9.11. The third-order valence-corrected chi connectivity index (χ3v) is 6.58. The van der Waals surface area contributed by atoms with Gasteiger partial charge in [-0.1, -0.05) is 35.9 Å². The topological polar surface area (TPSA) is 114 Å². The van der Waals surface area contributed by atoms with Crippen molar-refractivity contribution in [2.24, 2.45) is 5.10 Å². The first-order valence-electron chi connectivity index (χ1n) is 10.4. The van der Waals surface area contributed by atoms with Crippen molar-refractivity contribution < 1.29 is 19.8 Å². The molecule has 0 heterocycles. The lowest BCUT2D eigenvalue weighted by Crippen LogP contribution is -2.33. The summed E-state index contributed by atoms with van der Waals surface area (Å²) >= 11 is 12.4. The molecule has 0 bridgehead atoms. The van der Waals surface area contributed by atoms with Gasteiger partial charge in [0, 0.05) is 25.3 Å². The number of phenols is 2. The van der Waals surface area contributed by atoms with Gasteiger partial charge in [0.15, 0.2) is 0 Å². The number of phenolic OH excluding ortho intramolecular Hbond substituents is 2. The van der Waals surface area contributed by atoms with E-state index in [2.05, 4.69) is 47.7 Å². The van der Waals surface area contributed by atoms with E-state index in [0.717, 1.165) is 5.69 Å². The molecule has 0 saturated heterocycles. The van der Waals surface area contributed by atoms with Crippen molar-refractivity contribution in [2.75, 3.05) is 19.0 Å². The molecule has 11 heteroatoms. The van der Waals surface area contributed by atoms with Gasteiger partial charge in [0.1, 0.15) is 21.7 Å². The minimum Gasteiger partial charge on any atom is -0.506 e. The Morgan fingerprint density at radius 1 is 1.03 bits per heavy atom. The Hall–Kier alpha value is -3.34. The predicted molar refractivity (Wildman–Crippen MR) is 149 cm³/mol. The van der Waals surface area contributed by atoms with Crippen molar-refractivity contribution in [3.63, 3.8) is 0 Å². The molecule has 186 valence electrons. The molecule has 0 saturated carbocycles. The lowest BCUT2D eigenvalue weighted by Gasteiger charge is -2.13. The van der Waals surface area contributed by atoms with Gasteiger partial charge in [0.2, 0.25) is 0 Å². The van der Waals surface area contributed by atoms with E-state index in [4.69, 9.17) is 11.6 Å². The number of aromatic hydroxyl groups is 2. The van der Waals surface area contributed by atoms with Gasteiger partial charge < -0.3 is 20.4 Å². The standard InChI is InChI=1S/C25H21Br2ClN4O4/c1-32(2)16-9-7-14(8-10-16)11-20(30-24(35)17-5-3-4-6-19(17)28)25(36)31-29-13-15-12-18(26)23(34)21(27)22(15)33/h3-13,33-34H,1-2H3,(H,30,35)(H,31,36)/b20-11+,29-13+. The van der Waals surface area contributed by atoms with Gasteiger partial charge in [-0.2, -0.15) is 5.10 Å². The van der Waals surface area contributed by atoms with Crippen LogP contribution < -0.4 is 15.6 Å². The molecule has 8 nitrogen and oxygen atoms in total. The summed E-state index contributed by atoms with van der Waals surface area (Å²) in [7, 11) is 3.82. The molecule has 3 aromatic carbocycles. The highest BCUT2D eigenvalue weighted by Crippen LogP contribution is 2.40. The van der Waals surface area contributed by atoms with Crippen LogP contribution in [-0.4, -0.2) is 42.3 Å². The fraction of sp³-hybridized carbons (Fsp3) is 0.0800. The Morgan fingerprint density at radius 3 is 2.33 bits per heavy atom. The van der Waals surface area contributed by atoms with Crippen LogP contribution in [0.15, 0.2) is 74.3 Å². The van der Waals surface area contributed by atoms with Crippen LogP contribution in [0.1, 0.15) is 21.5 Å². The summed E-state index contributed by atoms with van der Waals surface area (Å²) in [5.41, 5.74) is 4.31. The largest absolute Gasteiger partial charge is 0.506 e. The Kier molecular flexibility index (Phi) is 9.14. The number of amides is 2. The monoisotopic (exact) mass is 634 g/mol. The zero-order chi connectivity index (χ0) is 26.4. The van der Waals surface area contributed by atoms with Crippen LogP contribution in [-0.2, 0) is 4.79 Å². The minimum absolute atomic E-state index is 0.0680. The zero-order valence-corrected chi connectivity index (χ0v) is 23.0. The SMILES string of the molecule is CN(C)c1ccc(/C=C(/NC(=O)c2ccccc2Cl)C(=O)N/N=C/c2cc(Br)c(O)c(Br)c2O)cc1. The normalized spacial score (nSPS) is 11.4. The van der Waals surface area contributed by atoms with E-state index >= 15 is 0 Å². The molecule has 0 aliphatic carbocycles. The molecule has 0 aliphatic rings. The van der Waals surface area contributed by atoms with Crippen molar-refractivity contribution in [2.45, 2.75) is 0 Å². The van der Waals surface area contributed by atoms with Crippen LogP contribution in [0.25, 0.3) is 6.08 Å². The second kappa shape index (κ2) is 12.1. The molecule has 0 spiro atoms. The van der Waals surface area contributed by atoms with E-state index in [1.165, 1.54) is 18.4 Å². The fourth-order valence-corrected chi connectivity index (χ4v) is 4.34. The molecule has 0 radical (unpaired) electrons. The molecule has 3 aromatic rings. The Bertz CT molecular complexity index is 1360. The average molecular weight is 637 g/mol. The van der Waals surface area contributed by atoms with Gasteiger partial charge in [-0.15, -0.1) is 0 Å². The second-order valence-corrected chi connectivity index (χ2v) is 9.69. The van der Waals surface area contributed by atoms with Gasteiger partial charge in [-0.05, 0) is 73.8 Å². The van der Waals surface area contributed by atoms with Crippen molar-refractivity contribution in [3.05, 3.63) is 91.0 Å². The number of nitrogens with one attached hydrogen (secondary N) is 2. The third kappa shape index (κ3) is 6.66. The molecule has 4 N–H and O–H groups in total. The van der Waals surface area contributed by atoms with E-state index in [0.29, 0.717) is 10.0 Å². The number of hydrogen-bond acceptors (Lipinski definition) is 6. The van der Waals surface area contributed by atoms with Crippen LogP contribution in [0, 0.1) is 0 Å². The maximum atomic E-state index is 13.0. The van der Waals surface area contributed by atoms with Crippen LogP contribution in [0.2, 0.25) is 5.02 Å². The van der Waals surface area contributed by atoms with Gasteiger partial charge in [0.05, 0.1) is 21.3 Å². The van der Waals surface area contributed by atoms with E-state index in [1.54, 1.807) is 36.4 Å². The van der Waals surface area contributed by atoms with Gasteiger partial charge in [-0.3, -0.25) is 9.59 Å². The van der Waals surface area contributed by atoms with Crippen molar-refractivity contribution in [3.8, 4) is 11.5 Å². The maximum absolute atomic E-state index is 13.0. The van der Waals surface area contributed by atoms with Gasteiger partial charge >= 0.3 is 0 Å². The summed E-state index contributed by atoms with van der Waals surface area (Å²) in [6.07, 6.45) is 2.70. The van der Waals surface area contributed by atoms with E-state index < -0.39 is 11.8 Å². The van der Waals surface area contributed by atoms with Crippen molar-refractivity contribution in [1.82, 2.24) is 10.7 Å². The summed E-state index contributed by atoms with van der Waals surface area (Å²) in [6, 6.07) is 15.2.